The van der Waals surface area contributed by atoms with Gasteiger partial charge >= 0.3 is 0 Å². The van der Waals surface area contributed by atoms with Crippen LogP contribution in [0.25, 0.3) is 33.5 Å². The van der Waals surface area contributed by atoms with Gasteiger partial charge in [-0.25, -0.2) is 9.97 Å². The smallest absolute Gasteiger partial charge is 0.258 e. The summed E-state index contributed by atoms with van der Waals surface area (Å²) in [6, 6.07) is 14.9. The topological polar surface area (TPSA) is 125 Å². The number of aryl methyl sites for hydroxylation is 1. The van der Waals surface area contributed by atoms with Crippen molar-refractivity contribution in [2.45, 2.75) is 31.5 Å². The van der Waals surface area contributed by atoms with E-state index >= 15 is 0 Å². The lowest BCUT2D eigenvalue weighted by molar-refractivity contribution is -0.0428. The molecular formula is C27H24ClN7O2. The van der Waals surface area contributed by atoms with E-state index < -0.39 is 5.60 Å². The van der Waals surface area contributed by atoms with E-state index in [1.807, 2.05) is 55.7 Å². The number of ether oxygens (including phenoxy) is 1. The standard InChI is InChI=1S/C27H24ClN7O2/c1-35-12-8-20(34-35)24-23(17-13-16-5-3-11-30-22(16)19(28)14-17)33-26(25(29)32-24)37-15-18-6-2-7-21(31-18)27(36)9-4-10-27/h2-3,5-8,11-14,36H,4,9-10,15H2,1H3,(H2,29,32). The average Bonchev–Trinajstić information content (AvgIpc) is 3.32. The van der Waals surface area contributed by atoms with Crippen LogP contribution in [0.3, 0.4) is 0 Å². The van der Waals surface area contributed by atoms with Crippen LogP contribution in [0, 0.1) is 0 Å². The van der Waals surface area contributed by atoms with Gasteiger partial charge in [-0.15, -0.1) is 0 Å². The SMILES string of the molecule is Cn1ccc(-c2nc(N)c(OCc3cccc(C4(O)CCC4)n3)nc2-c2cc(Cl)c3ncccc3c2)n1. The summed E-state index contributed by atoms with van der Waals surface area (Å²) < 4.78 is 7.69. The van der Waals surface area contributed by atoms with Crippen molar-refractivity contribution in [2.24, 2.45) is 7.05 Å². The Hall–Kier alpha value is -4.08. The van der Waals surface area contributed by atoms with Crippen LogP contribution in [-0.4, -0.2) is 34.8 Å². The molecule has 5 aromatic rings. The Bertz CT molecular complexity index is 1630. The highest BCUT2D eigenvalue weighted by molar-refractivity contribution is 6.35. The number of nitrogens with two attached hydrogens (primary N) is 1. The number of anilines is 1. The molecule has 3 N–H and O–H groups in total. The Morgan fingerprint density at radius 1 is 1.08 bits per heavy atom. The van der Waals surface area contributed by atoms with E-state index in [2.05, 4.69) is 20.1 Å². The van der Waals surface area contributed by atoms with E-state index in [0.29, 0.717) is 51.9 Å². The number of nitrogens with zero attached hydrogens (tertiary/aromatic N) is 6. The Labute approximate surface area is 218 Å². The van der Waals surface area contributed by atoms with Gasteiger partial charge in [0.25, 0.3) is 5.88 Å². The number of aliphatic hydroxyl groups is 1. The fraction of sp³-hybridized carbons (Fsp3) is 0.222. The van der Waals surface area contributed by atoms with E-state index in [1.165, 1.54) is 0 Å². The number of benzene rings is 1. The van der Waals surface area contributed by atoms with E-state index in [9.17, 15) is 5.11 Å². The molecule has 0 atom stereocenters. The van der Waals surface area contributed by atoms with E-state index in [-0.39, 0.29) is 18.3 Å². The molecule has 0 aliphatic heterocycles. The van der Waals surface area contributed by atoms with Crippen LogP contribution >= 0.6 is 11.6 Å². The number of hydrogen-bond acceptors (Lipinski definition) is 8. The fourth-order valence-corrected chi connectivity index (χ4v) is 4.75. The number of aromatic nitrogens is 6. The lowest BCUT2D eigenvalue weighted by atomic mass is 9.77. The first-order valence-corrected chi connectivity index (χ1v) is 12.3. The maximum Gasteiger partial charge on any atom is 0.258 e. The minimum absolute atomic E-state index is 0.119. The molecule has 1 saturated carbocycles. The molecule has 186 valence electrons. The molecule has 0 saturated heterocycles. The van der Waals surface area contributed by atoms with Crippen molar-refractivity contribution in [3.63, 3.8) is 0 Å². The Morgan fingerprint density at radius 3 is 2.70 bits per heavy atom. The zero-order valence-electron chi connectivity index (χ0n) is 20.1. The second kappa shape index (κ2) is 9.10. The van der Waals surface area contributed by atoms with Gasteiger partial charge in [-0.3, -0.25) is 14.6 Å². The summed E-state index contributed by atoms with van der Waals surface area (Å²) >= 11 is 6.58. The molecule has 0 radical (unpaired) electrons. The number of halogens is 1. The summed E-state index contributed by atoms with van der Waals surface area (Å²) in [5, 5.41) is 16.5. The molecule has 1 aliphatic rings. The van der Waals surface area contributed by atoms with E-state index in [0.717, 1.165) is 17.4 Å². The van der Waals surface area contributed by atoms with Gasteiger partial charge in [0, 0.05) is 30.4 Å². The molecular weight excluding hydrogens is 490 g/mol. The first kappa shape index (κ1) is 23.3. The number of rotatable bonds is 6. The van der Waals surface area contributed by atoms with Crippen molar-refractivity contribution >= 4 is 28.3 Å². The molecule has 0 spiro atoms. The van der Waals surface area contributed by atoms with Crippen molar-refractivity contribution in [1.29, 1.82) is 0 Å². The lowest BCUT2D eigenvalue weighted by Gasteiger charge is -2.36. The maximum atomic E-state index is 10.7. The van der Waals surface area contributed by atoms with E-state index in [4.69, 9.17) is 27.1 Å². The van der Waals surface area contributed by atoms with Crippen LogP contribution in [0.15, 0.2) is 60.9 Å². The van der Waals surface area contributed by atoms with Crippen LogP contribution in [0.5, 0.6) is 5.88 Å². The molecule has 1 fully saturated rings. The van der Waals surface area contributed by atoms with Gasteiger partial charge in [0.2, 0.25) is 0 Å². The van der Waals surface area contributed by atoms with Gasteiger partial charge < -0.3 is 15.6 Å². The van der Waals surface area contributed by atoms with Gasteiger partial charge in [-0.1, -0.05) is 23.7 Å². The van der Waals surface area contributed by atoms with Gasteiger partial charge in [-0.05, 0) is 55.7 Å². The second-order valence-corrected chi connectivity index (χ2v) is 9.61. The van der Waals surface area contributed by atoms with Crippen LogP contribution < -0.4 is 10.5 Å². The zero-order chi connectivity index (χ0) is 25.6. The molecule has 9 nitrogen and oxygen atoms in total. The maximum absolute atomic E-state index is 10.7. The second-order valence-electron chi connectivity index (χ2n) is 9.21. The highest BCUT2D eigenvalue weighted by Crippen LogP contribution is 2.40. The molecule has 0 amide bonds. The minimum atomic E-state index is -0.851. The largest absolute Gasteiger partial charge is 0.469 e. The fourth-order valence-electron chi connectivity index (χ4n) is 4.47. The molecule has 6 rings (SSSR count). The van der Waals surface area contributed by atoms with Gasteiger partial charge in [0.05, 0.1) is 21.9 Å². The molecule has 0 bridgehead atoms. The number of pyridine rings is 2. The average molecular weight is 514 g/mol. The molecule has 1 aliphatic carbocycles. The third-order valence-electron chi connectivity index (χ3n) is 6.60. The van der Waals surface area contributed by atoms with Crippen molar-refractivity contribution in [3.05, 3.63) is 77.3 Å². The van der Waals surface area contributed by atoms with Crippen LogP contribution in [0.2, 0.25) is 5.02 Å². The number of hydrogen-bond donors (Lipinski definition) is 2. The summed E-state index contributed by atoms with van der Waals surface area (Å²) in [7, 11) is 1.83. The van der Waals surface area contributed by atoms with Crippen LogP contribution in [0.4, 0.5) is 5.82 Å². The summed E-state index contributed by atoms with van der Waals surface area (Å²) in [6.07, 6.45) is 5.95. The first-order chi connectivity index (χ1) is 17.9. The summed E-state index contributed by atoms with van der Waals surface area (Å²) in [6.45, 7) is 0.119. The highest BCUT2D eigenvalue weighted by atomic mass is 35.5. The van der Waals surface area contributed by atoms with Crippen molar-refractivity contribution in [3.8, 4) is 28.5 Å². The van der Waals surface area contributed by atoms with Gasteiger partial charge in [-0.2, -0.15) is 5.10 Å². The number of nitrogen functional groups attached to an aromatic ring is 1. The summed E-state index contributed by atoms with van der Waals surface area (Å²) in [4.78, 5) is 18.4. The molecule has 4 heterocycles. The molecule has 1 aromatic carbocycles. The molecule has 4 aromatic heterocycles. The quantitative estimate of drug-likeness (QED) is 0.335. The third kappa shape index (κ3) is 4.36. The molecule has 37 heavy (non-hydrogen) atoms. The normalized spacial score (nSPS) is 14.5. The summed E-state index contributed by atoms with van der Waals surface area (Å²) in [5.41, 5.74) is 9.86. The van der Waals surface area contributed by atoms with Crippen molar-refractivity contribution in [1.82, 2.24) is 29.7 Å². The Morgan fingerprint density at radius 2 is 1.95 bits per heavy atom. The monoisotopic (exact) mass is 513 g/mol. The predicted octanol–water partition coefficient (Wildman–Crippen LogP) is 4.67. The van der Waals surface area contributed by atoms with Gasteiger partial charge in [0.15, 0.2) is 5.82 Å². The van der Waals surface area contributed by atoms with E-state index in [1.54, 1.807) is 16.9 Å². The minimum Gasteiger partial charge on any atom is -0.469 e. The highest BCUT2D eigenvalue weighted by Gasteiger charge is 2.37. The summed E-state index contributed by atoms with van der Waals surface area (Å²) in [5.74, 6) is 0.304. The molecule has 0 unspecified atom stereocenters. The molecule has 10 heteroatoms. The van der Waals surface area contributed by atoms with Crippen LogP contribution in [-0.2, 0) is 19.3 Å². The van der Waals surface area contributed by atoms with Crippen LogP contribution in [0.1, 0.15) is 30.7 Å². The first-order valence-electron chi connectivity index (χ1n) is 11.9. The zero-order valence-corrected chi connectivity index (χ0v) is 20.9. The Kier molecular flexibility index (Phi) is 5.73. The number of fused-ring (bicyclic) bond motifs is 1. The van der Waals surface area contributed by atoms with Crippen molar-refractivity contribution in [2.75, 3.05) is 5.73 Å². The predicted molar refractivity (Wildman–Crippen MR) is 141 cm³/mol. The van der Waals surface area contributed by atoms with Gasteiger partial charge in [0.1, 0.15) is 29.3 Å². The lowest BCUT2D eigenvalue weighted by Crippen LogP contribution is -2.34. The third-order valence-corrected chi connectivity index (χ3v) is 6.89. The van der Waals surface area contributed by atoms with Crippen molar-refractivity contribution < 1.29 is 9.84 Å². The Balaban J connectivity index is 1.40.